The third-order valence-corrected chi connectivity index (χ3v) is 3.67. The van der Waals surface area contributed by atoms with Crippen molar-refractivity contribution in [1.82, 2.24) is 9.55 Å². The lowest BCUT2D eigenvalue weighted by atomic mass is 10.1. The first-order valence-corrected chi connectivity index (χ1v) is 6.52. The average Bonchev–Trinajstić information content (AvgIpc) is 2.82. The van der Waals surface area contributed by atoms with Gasteiger partial charge in [0.25, 0.3) is 0 Å². The summed E-state index contributed by atoms with van der Waals surface area (Å²) in [6.07, 6.45) is 2.71. The molecule has 0 N–H and O–H groups in total. The predicted molar refractivity (Wildman–Crippen MR) is 79.6 cm³/mol. The maximum Gasteiger partial charge on any atom is 0.100 e. The Morgan fingerprint density at radius 1 is 1.05 bits per heavy atom. The lowest BCUT2D eigenvalue weighted by Gasteiger charge is -2.07. The maximum atomic E-state index is 4.49. The number of fused-ring (bicyclic) bond motifs is 1. The molecule has 0 saturated heterocycles. The number of hydrogen-bond acceptors (Lipinski definition) is 1. The molecule has 95 valence electrons. The number of rotatable bonds is 2. The summed E-state index contributed by atoms with van der Waals surface area (Å²) in [5.74, 6) is 0. The summed E-state index contributed by atoms with van der Waals surface area (Å²) in [6, 6.07) is 12.8. The zero-order chi connectivity index (χ0) is 13.4. The SMILES string of the molecule is [CH2]Cc1ccc(-n2cnc3cc(C)c(C)cc32)cc1. The van der Waals surface area contributed by atoms with Crippen LogP contribution in [0.4, 0.5) is 0 Å². The van der Waals surface area contributed by atoms with E-state index in [0.29, 0.717) is 0 Å². The molecule has 2 heteroatoms. The first-order valence-electron chi connectivity index (χ1n) is 6.52. The van der Waals surface area contributed by atoms with Gasteiger partial charge in [-0.1, -0.05) is 12.1 Å². The van der Waals surface area contributed by atoms with E-state index in [1.54, 1.807) is 0 Å². The molecule has 0 fully saturated rings. The van der Waals surface area contributed by atoms with Gasteiger partial charge in [-0.3, -0.25) is 4.57 Å². The number of aromatic nitrogens is 2. The van der Waals surface area contributed by atoms with Gasteiger partial charge in [0.2, 0.25) is 0 Å². The highest BCUT2D eigenvalue weighted by Crippen LogP contribution is 2.22. The van der Waals surface area contributed by atoms with Gasteiger partial charge in [0.15, 0.2) is 0 Å². The molecule has 0 aliphatic heterocycles. The molecule has 2 nitrogen and oxygen atoms in total. The van der Waals surface area contributed by atoms with Crippen molar-refractivity contribution in [1.29, 1.82) is 0 Å². The summed E-state index contributed by atoms with van der Waals surface area (Å²) in [4.78, 5) is 4.49. The van der Waals surface area contributed by atoms with Crippen LogP contribution in [0.15, 0.2) is 42.7 Å². The van der Waals surface area contributed by atoms with Crippen LogP contribution in [0.2, 0.25) is 0 Å². The van der Waals surface area contributed by atoms with Gasteiger partial charge in [0.1, 0.15) is 6.33 Å². The van der Waals surface area contributed by atoms with Crippen LogP contribution in [0.1, 0.15) is 16.7 Å². The highest BCUT2D eigenvalue weighted by Gasteiger charge is 2.06. The van der Waals surface area contributed by atoms with Crippen molar-refractivity contribution in [3.05, 3.63) is 66.3 Å². The summed E-state index contributed by atoms with van der Waals surface area (Å²) < 4.78 is 2.13. The monoisotopic (exact) mass is 249 g/mol. The second-order valence-corrected chi connectivity index (χ2v) is 4.96. The molecule has 19 heavy (non-hydrogen) atoms. The minimum atomic E-state index is 0.823. The Morgan fingerprint density at radius 3 is 2.42 bits per heavy atom. The maximum absolute atomic E-state index is 4.49. The first kappa shape index (κ1) is 12.0. The van der Waals surface area contributed by atoms with Crippen LogP contribution in [0.5, 0.6) is 0 Å². The van der Waals surface area contributed by atoms with Crippen LogP contribution >= 0.6 is 0 Å². The quantitative estimate of drug-likeness (QED) is 0.670. The van der Waals surface area contributed by atoms with Gasteiger partial charge in [0.05, 0.1) is 11.0 Å². The van der Waals surface area contributed by atoms with E-state index in [9.17, 15) is 0 Å². The first-order chi connectivity index (χ1) is 9.19. The van der Waals surface area contributed by atoms with Crippen molar-refractivity contribution in [2.24, 2.45) is 0 Å². The van der Waals surface area contributed by atoms with E-state index in [1.165, 1.54) is 16.7 Å². The molecular formula is C17H17N2. The van der Waals surface area contributed by atoms with Crippen molar-refractivity contribution >= 4 is 11.0 Å². The van der Waals surface area contributed by atoms with E-state index in [1.807, 2.05) is 6.33 Å². The lowest BCUT2D eigenvalue weighted by molar-refractivity contribution is 1.08. The molecule has 2 aromatic carbocycles. The number of hydrogen-bond donors (Lipinski definition) is 0. The standard InChI is InChI=1S/C17H17N2/c1-4-14-5-7-15(8-6-14)19-11-18-16-9-12(2)13(3)10-17(16)19/h5-11H,1,4H2,2-3H3. The molecule has 0 atom stereocenters. The van der Waals surface area contributed by atoms with Gasteiger partial charge in [-0.15, -0.1) is 0 Å². The van der Waals surface area contributed by atoms with Crippen LogP contribution in [-0.2, 0) is 6.42 Å². The van der Waals surface area contributed by atoms with Crippen LogP contribution in [0, 0.1) is 20.8 Å². The van der Waals surface area contributed by atoms with E-state index >= 15 is 0 Å². The summed E-state index contributed by atoms with van der Waals surface area (Å²) in [7, 11) is 0. The van der Waals surface area contributed by atoms with Crippen molar-refractivity contribution in [2.75, 3.05) is 0 Å². The molecule has 0 bridgehead atoms. The highest BCUT2D eigenvalue weighted by atomic mass is 15.0. The van der Waals surface area contributed by atoms with Gasteiger partial charge in [0, 0.05) is 5.69 Å². The smallest absolute Gasteiger partial charge is 0.100 e. The van der Waals surface area contributed by atoms with Gasteiger partial charge in [-0.25, -0.2) is 4.98 Å². The van der Waals surface area contributed by atoms with Crippen LogP contribution in [-0.4, -0.2) is 9.55 Å². The number of nitrogens with zero attached hydrogens (tertiary/aromatic N) is 2. The Bertz CT molecular complexity index is 721. The number of benzene rings is 2. The van der Waals surface area contributed by atoms with Crippen LogP contribution in [0.3, 0.4) is 0 Å². The van der Waals surface area contributed by atoms with E-state index in [0.717, 1.165) is 23.1 Å². The molecule has 3 rings (SSSR count). The summed E-state index contributed by atoms with van der Waals surface area (Å²) >= 11 is 0. The number of aryl methyl sites for hydroxylation is 2. The Balaban J connectivity index is 2.16. The molecular weight excluding hydrogens is 232 g/mol. The Kier molecular flexibility index (Phi) is 2.86. The molecule has 1 aromatic heterocycles. The van der Waals surface area contributed by atoms with Crippen LogP contribution < -0.4 is 0 Å². The fraction of sp³-hybridized carbons (Fsp3) is 0.176. The normalized spacial score (nSPS) is 11.1. The Hall–Kier alpha value is -2.09. The lowest BCUT2D eigenvalue weighted by Crippen LogP contribution is -1.93. The highest BCUT2D eigenvalue weighted by molar-refractivity contribution is 5.79. The molecule has 1 heterocycles. The minimum Gasteiger partial charge on any atom is -0.299 e. The van der Waals surface area contributed by atoms with Crippen molar-refractivity contribution in [3.8, 4) is 5.69 Å². The molecule has 0 aliphatic rings. The summed E-state index contributed by atoms with van der Waals surface area (Å²) in [6.45, 7) is 8.16. The minimum absolute atomic E-state index is 0.823. The van der Waals surface area contributed by atoms with Crippen molar-refractivity contribution < 1.29 is 0 Å². The molecule has 0 unspecified atom stereocenters. The van der Waals surface area contributed by atoms with Gasteiger partial charge < -0.3 is 0 Å². The molecule has 0 spiro atoms. The predicted octanol–water partition coefficient (Wildman–Crippen LogP) is 4.02. The third kappa shape index (κ3) is 2.03. The second kappa shape index (κ2) is 4.54. The molecule has 0 amide bonds. The zero-order valence-electron chi connectivity index (χ0n) is 11.4. The van der Waals surface area contributed by atoms with E-state index < -0.39 is 0 Å². The van der Waals surface area contributed by atoms with Crippen molar-refractivity contribution in [2.45, 2.75) is 20.3 Å². The van der Waals surface area contributed by atoms with E-state index in [2.05, 4.69) is 66.7 Å². The Morgan fingerprint density at radius 2 is 1.74 bits per heavy atom. The molecule has 0 aliphatic carbocycles. The largest absolute Gasteiger partial charge is 0.299 e. The number of imidazole rings is 1. The van der Waals surface area contributed by atoms with E-state index in [-0.39, 0.29) is 0 Å². The fourth-order valence-corrected chi connectivity index (χ4v) is 2.29. The fourth-order valence-electron chi connectivity index (χ4n) is 2.29. The van der Waals surface area contributed by atoms with Gasteiger partial charge in [-0.2, -0.15) is 0 Å². The second-order valence-electron chi connectivity index (χ2n) is 4.96. The molecule has 1 radical (unpaired) electrons. The average molecular weight is 249 g/mol. The van der Waals surface area contributed by atoms with E-state index in [4.69, 9.17) is 0 Å². The van der Waals surface area contributed by atoms with Crippen LogP contribution in [0.25, 0.3) is 16.7 Å². The topological polar surface area (TPSA) is 17.8 Å². The van der Waals surface area contributed by atoms with Gasteiger partial charge in [-0.05, 0) is 68.1 Å². The zero-order valence-corrected chi connectivity index (χ0v) is 11.4. The van der Waals surface area contributed by atoms with Crippen molar-refractivity contribution in [3.63, 3.8) is 0 Å². The Labute approximate surface area is 113 Å². The third-order valence-electron chi connectivity index (χ3n) is 3.67. The molecule has 0 saturated carbocycles. The van der Waals surface area contributed by atoms with Gasteiger partial charge >= 0.3 is 0 Å². The summed E-state index contributed by atoms with van der Waals surface area (Å²) in [5, 5.41) is 0. The molecule has 3 aromatic rings. The summed E-state index contributed by atoms with van der Waals surface area (Å²) in [5.41, 5.74) is 7.17.